The third-order valence-corrected chi connectivity index (χ3v) is 3.92. The van der Waals surface area contributed by atoms with Gasteiger partial charge in [-0.05, 0) is 55.5 Å². The number of hydrogen-bond acceptors (Lipinski definition) is 7. The lowest BCUT2D eigenvalue weighted by Crippen LogP contribution is -2.14. The van der Waals surface area contributed by atoms with Gasteiger partial charge in [0.1, 0.15) is 5.75 Å². The van der Waals surface area contributed by atoms with Crippen molar-refractivity contribution in [1.82, 2.24) is 10.2 Å². The molecule has 1 amide bonds. The Morgan fingerprint density at radius 2 is 1.72 bits per heavy atom. The highest BCUT2D eigenvalue weighted by molar-refractivity contribution is 6.02. The molecular weight excluding hydrogens is 372 g/mol. The Morgan fingerprint density at radius 3 is 2.38 bits per heavy atom. The number of para-hydroxylation sites is 1. The number of methoxy groups -OCH3 is 1. The second kappa shape index (κ2) is 9.32. The monoisotopic (exact) mass is 392 g/mol. The number of anilines is 3. The van der Waals surface area contributed by atoms with Gasteiger partial charge in [0.2, 0.25) is 0 Å². The molecular formula is C21H20N4O4. The Morgan fingerprint density at radius 1 is 0.966 bits per heavy atom. The zero-order valence-corrected chi connectivity index (χ0v) is 16.0. The van der Waals surface area contributed by atoms with Crippen LogP contribution in [0.4, 0.5) is 17.2 Å². The second-order valence-corrected chi connectivity index (χ2v) is 5.88. The number of esters is 1. The fraction of sp³-hybridized carbons (Fsp3) is 0.143. The van der Waals surface area contributed by atoms with Crippen LogP contribution in [-0.4, -0.2) is 35.8 Å². The van der Waals surface area contributed by atoms with Gasteiger partial charge in [-0.3, -0.25) is 4.79 Å². The van der Waals surface area contributed by atoms with Crippen LogP contribution in [0.3, 0.4) is 0 Å². The van der Waals surface area contributed by atoms with Crippen molar-refractivity contribution < 1.29 is 19.1 Å². The van der Waals surface area contributed by atoms with E-state index in [2.05, 4.69) is 20.8 Å². The molecule has 0 atom stereocenters. The standard InChI is InChI=1S/C21H20N4O4/c1-3-29-15-10-8-14(9-11-15)22-20(26)18-12-13-19(25-24-18)23-17-7-5-4-6-16(17)21(27)28-2/h4-13H,3H2,1-2H3,(H,22,26)(H,23,25). The van der Waals surface area contributed by atoms with E-state index in [1.807, 2.05) is 6.92 Å². The molecule has 0 saturated carbocycles. The van der Waals surface area contributed by atoms with Crippen LogP contribution in [0.2, 0.25) is 0 Å². The lowest BCUT2D eigenvalue weighted by molar-refractivity contribution is 0.0601. The molecule has 0 fully saturated rings. The average molecular weight is 392 g/mol. The van der Waals surface area contributed by atoms with Crippen molar-refractivity contribution in [3.8, 4) is 5.75 Å². The first-order chi connectivity index (χ1) is 14.1. The van der Waals surface area contributed by atoms with Gasteiger partial charge < -0.3 is 20.1 Å². The van der Waals surface area contributed by atoms with Crippen LogP contribution in [0, 0.1) is 0 Å². The summed E-state index contributed by atoms with van der Waals surface area (Å²) in [6.45, 7) is 2.48. The molecule has 3 rings (SSSR count). The quantitative estimate of drug-likeness (QED) is 0.592. The molecule has 8 heteroatoms. The number of nitrogens with one attached hydrogen (secondary N) is 2. The molecule has 1 aromatic heterocycles. The Balaban J connectivity index is 1.67. The summed E-state index contributed by atoms with van der Waals surface area (Å²) in [5.74, 6) is 0.266. The number of hydrogen-bond donors (Lipinski definition) is 2. The van der Waals surface area contributed by atoms with Crippen molar-refractivity contribution in [2.75, 3.05) is 24.4 Å². The maximum Gasteiger partial charge on any atom is 0.339 e. The summed E-state index contributed by atoms with van der Waals surface area (Å²) in [6, 6.07) is 17.1. The van der Waals surface area contributed by atoms with Crippen molar-refractivity contribution in [1.29, 1.82) is 0 Å². The number of aromatic nitrogens is 2. The topological polar surface area (TPSA) is 102 Å². The summed E-state index contributed by atoms with van der Waals surface area (Å²) in [4.78, 5) is 24.2. The van der Waals surface area contributed by atoms with Crippen molar-refractivity contribution in [2.45, 2.75) is 6.92 Å². The predicted octanol–water partition coefficient (Wildman–Crippen LogP) is 3.66. The number of carbonyl (C=O) groups is 2. The molecule has 0 aliphatic heterocycles. The van der Waals surface area contributed by atoms with Gasteiger partial charge >= 0.3 is 5.97 Å². The molecule has 8 nitrogen and oxygen atoms in total. The molecule has 0 aliphatic carbocycles. The van der Waals surface area contributed by atoms with Crippen LogP contribution < -0.4 is 15.4 Å². The van der Waals surface area contributed by atoms with Gasteiger partial charge in [0.25, 0.3) is 5.91 Å². The SMILES string of the molecule is CCOc1ccc(NC(=O)c2ccc(Nc3ccccc3C(=O)OC)nn2)cc1. The molecule has 0 unspecified atom stereocenters. The van der Waals surface area contributed by atoms with E-state index < -0.39 is 5.97 Å². The normalized spacial score (nSPS) is 10.1. The molecule has 0 radical (unpaired) electrons. The Labute approximate surface area is 167 Å². The van der Waals surface area contributed by atoms with Gasteiger partial charge in [0.15, 0.2) is 11.5 Å². The molecule has 0 spiro atoms. The van der Waals surface area contributed by atoms with E-state index in [0.29, 0.717) is 29.4 Å². The average Bonchev–Trinajstić information content (AvgIpc) is 2.75. The van der Waals surface area contributed by atoms with E-state index >= 15 is 0 Å². The van der Waals surface area contributed by atoms with E-state index in [1.165, 1.54) is 7.11 Å². The third kappa shape index (κ3) is 5.07. The summed E-state index contributed by atoms with van der Waals surface area (Å²) in [5.41, 5.74) is 1.68. The maximum absolute atomic E-state index is 12.4. The fourth-order valence-electron chi connectivity index (χ4n) is 2.53. The molecule has 0 saturated heterocycles. The predicted molar refractivity (Wildman–Crippen MR) is 109 cm³/mol. The van der Waals surface area contributed by atoms with Crippen molar-refractivity contribution in [3.05, 3.63) is 71.9 Å². The molecule has 2 aromatic carbocycles. The molecule has 0 bridgehead atoms. The van der Waals surface area contributed by atoms with E-state index in [4.69, 9.17) is 9.47 Å². The Kier molecular flexibility index (Phi) is 6.36. The minimum Gasteiger partial charge on any atom is -0.494 e. The lowest BCUT2D eigenvalue weighted by atomic mass is 10.2. The summed E-state index contributed by atoms with van der Waals surface area (Å²) < 4.78 is 10.1. The van der Waals surface area contributed by atoms with Gasteiger partial charge in [-0.15, -0.1) is 10.2 Å². The zero-order valence-electron chi connectivity index (χ0n) is 16.0. The summed E-state index contributed by atoms with van der Waals surface area (Å²) in [7, 11) is 1.32. The highest BCUT2D eigenvalue weighted by atomic mass is 16.5. The van der Waals surface area contributed by atoms with Crippen molar-refractivity contribution in [2.24, 2.45) is 0 Å². The number of carbonyl (C=O) groups excluding carboxylic acids is 2. The molecule has 0 aliphatic rings. The zero-order chi connectivity index (χ0) is 20.6. The number of benzene rings is 2. The molecule has 148 valence electrons. The maximum atomic E-state index is 12.4. The molecule has 1 heterocycles. The van der Waals surface area contributed by atoms with E-state index in [1.54, 1.807) is 60.7 Å². The smallest absolute Gasteiger partial charge is 0.339 e. The van der Waals surface area contributed by atoms with Crippen LogP contribution in [0.1, 0.15) is 27.8 Å². The Bertz CT molecular complexity index is 988. The van der Waals surface area contributed by atoms with Gasteiger partial charge in [-0.25, -0.2) is 4.79 Å². The van der Waals surface area contributed by atoms with E-state index in [0.717, 1.165) is 5.75 Å². The summed E-state index contributed by atoms with van der Waals surface area (Å²) >= 11 is 0. The first-order valence-corrected chi connectivity index (χ1v) is 8.93. The van der Waals surface area contributed by atoms with E-state index in [9.17, 15) is 9.59 Å². The highest BCUT2D eigenvalue weighted by Gasteiger charge is 2.13. The minimum absolute atomic E-state index is 0.158. The van der Waals surface area contributed by atoms with Crippen molar-refractivity contribution in [3.63, 3.8) is 0 Å². The van der Waals surface area contributed by atoms with Crippen LogP contribution >= 0.6 is 0 Å². The van der Waals surface area contributed by atoms with Gasteiger partial charge in [-0.1, -0.05) is 12.1 Å². The number of rotatable bonds is 7. The van der Waals surface area contributed by atoms with Gasteiger partial charge in [0.05, 0.1) is 25.0 Å². The second-order valence-electron chi connectivity index (χ2n) is 5.88. The first kappa shape index (κ1) is 19.8. The van der Waals surface area contributed by atoms with Gasteiger partial charge in [0, 0.05) is 5.69 Å². The number of nitrogens with zero attached hydrogens (tertiary/aromatic N) is 2. The first-order valence-electron chi connectivity index (χ1n) is 8.93. The summed E-state index contributed by atoms with van der Waals surface area (Å²) in [6.07, 6.45) is 0. The third-order valence-electron chi connectivity index (χ3n) is 3.92. The van der Waals surface area contributed by atoms with Gasteiger partial charge in [-0.2, -0.15) is 0 Å². The molecule has 3 aromatic rings. The van der Waals surface area contributed by atoms with Crippen LogP contribution in [0.15, 0.2) is 60.7 Å². The highest BCUT2D eigenvalue weighted by Crippen LogP contribution is 2.20. The van der Waals surface area contributed by atoms with Crippen molar-refractivity contribution >= 4 is 29.1 Å². The number of ether oxygens (including phenoxy) is 2. The minimum atomic E-state index is -0.465. The van der Waals surface area contributed by atoms with Crippen LogP contribution in [0.5, 0.6) is 5.75 Å². The van der Waals surface area contributed by atoms with E-state index in [-0.39, 0.29) is 11.6 Å². The number of amides is 1. The lowest BCUT2D eigenvalue weighted by Gasteiger charge is -2.10. The summed E-state index contributed by atoms with van der Waals surface area (Å²) in [5, 5.41) is 13.7. The molecule has 2 N–H and O–H groups in total. The largest absolute Gasteiger partial charge is 0.494 e. The Hall–Kier alpha value is -3.94. The van der Waals surface area contributed by atoms with Crippen LogP contribution in [0.25, 0.3) is 0 Å². The van der Waals surface area contributed by atoms with Crippen LogP contribution in [-0.2, 0) is 4.74 Å². The molecule has 29 heavy (non-hydrogen) atoms. The fourth-order valence-corrected chi connectivity index (χ4v) is 2.53.